The first kappa shape index (κ1) is 15.5. The molecule has 1 atom stereocenters. The fourth-order valence-corrected chi connectivity index (χ4v) is 2.51. The van der Waals surface area contributed by atoms with E-state index in [9.17, 15) is 4.39 Å². The van der Waals surface area contributed by atoms with Gasteiger partial charge in [-0.2, -0.15) is 4.98 Å². The van der Waals surface area contributed by atoms with E-state index in [2.05, 4.69) is 29.1 Å². The minimum absolute atomic E-state index is 0.168. The maximum atomic E-state index is 13.3. The summed E-state index contributed by atoms with van der Waals surface area (Å²) in [5, 5.41) is 4.27. The summed E-state index contributed by atoms with van der Waals surface area (Å²) in [6.45, 7) is 4.35. The summed E-state index contributed by atoms with van der Waals surface area (Å²) < 4.78 is 13.3. The average molecular weight is 290 g/mol. The van der Waals surface area contributed by atoms with Gasteiger partial charge in [0, 0.05) is 17.5 Å². The molecule has 1 aromatic heterocycles. The van der Waals surface area contributed by atoms with Gasteiger partial charge in [-0.3, -0.25) is 0 Å². The van der Waals surface area contributed by atoms with E-state index in [0.717, 1.165) is 24.6 Å². The van der Waals surface area contributed by atoms with Crippen molar-refractivity contribution in [2.45, 2.75) is 52.0 Å². The Morgan fingerprint density at radius 3 is 2.71 bits per heavy atom. The number of unbranched alkanes of at least 4 members (excludes halogenated alkanes) is 1. The minimum Gasteiger partial charge on any atom is -0.368 e. The molecule has 0 fully saturated rings. The van der Waals surface area contributed by atoms with Crippen LogP contribution in [0.5, 0.6) is 0 Å². The van der Waals surface area contributed by atoms with E-state index < -0.39 is 0 Å². The Labute approximate surface area is 125 Å². The maximum absolute atomic E-state index is 13.3. The van der Waals surface area contributed by atoms with Crippen molar-refractivity contribution in [3.8, 4) is 0 Å². The third-order valence-corrected chi connectivity index (χ3v) is 3.56. The van der Waals surface area contributed by atoms with E-state index in [1.165, 1.54) is 25.0 Å². The van der Waals surface area contributed by atoms with Crippen LogP contribution in [0.4, 0.5) is 16.2 Å². The quantitative estimate of drug-likeness (QED) is 0.805. The molecule has 0 aliphatic heterocycles. The van der Waals surface area contributed by atoms with Gasteiger partial charge < -0.3 is 11.1 Å². The summed E-state index contributed by atoms with van der Waals surface area (Å²) in [5.74, 6) is 0.552. The lowest BCUT2D eigenvalue weighted by atomic mass is 10.0. The Morgan fingerprint density at radius 1 is 1.19 bits per heavy atom. The molecule has 0 radical (unpaired) electrons. The van der Waals surface area contributed by atoms with Gasteiger partial charge in [0.2, 0.25) is 5.95 Å². The summed E-state index contributed by atoms with van der Waals surface area (Å²) in [6.07, 6.45) is 5.61. The Kier molecular flexibility index (Phi) is 5.31. The fraction of sp³-hybridized carbons (Fsp3) is 0.500. The molecule has 1 heterocycles. The van der Waals surface area contributed by atoms with Crippen LogP contribution in [-0.4, -0.2) is 16.0 Å². The number of nitrogens with zero attached hydrogens (tertiary/aromatic N) is 2. The van der Waals surface area contributed by atoms with Gasteiger partial charge in [-0.15, -0.1) is 0 Å². The molecule has 4 nitrogen and oxygen atoms in total. The zero-order chi connectivity index (χ0) is 15.2. The predicted octanol–water partition coefficient (Wildman–Crippen LogP) is 4.12. The maximum Gasteiger partial charge on any atom is 0.222 e. The molecule has 3 N–H and O–H groups in total. The number of rotatable bonds is 7. The highest BCUT2D eigenvalue weighted by Crippen LogP contribution is 2.24. The smallest absolute Gasteiger partial charge is 0.222 e. The molecule has 21 heavy (non-hydrogen) atoms. The van der Waals surface area contributed by atoms with E-state index in [1.807, 2.05) is 0 Å². The lowest BCUT2D eigenvalue weighted by Gasteiger charge is -2.19. The SMILES string of the molecule is CCCC[C@@H](CCC)Nc1nc(N)nc2cc(F)ccc12. The molecular weight excluding hydrogens is 267 g/mol. The van der Waals surface area contributed by atoms with Crippen LogP contribution >= 0.6 is 0 Å². The Hall–Kier alpha value is -1.91. The molecule has 2 rings (SSSR count). The fourth-order valence-electron chi connectivity index (χ4n) is 2.51. The van der Waals surface area contributed by atoms with Gasteiger partial charge in [0.25, 0.3) is 0 Å². The molecule has 5 heteroatoms. The molecule has 0 aliphatic rings. The average Bonchev–Trinajstić information content (AvgIpc) is 2.44. The largest absolute Gasteiger partial charge is 0.368 e. The third-order valence-electron chi connectivity index (χ3n) is 3.56. The van der Waals surface area contributed by atoms with Crippen molar-refractivity contribution in [1.29, 1.82) is 0 Å². The summed E-state index contributed by atoms with van der Waals surface area (Å²) in [7, 11) is 0. The standard InChI is InChI=1S/C16H23FN4/c1-3-5-7-12(6-4-2)19-15-13-9-8-11(17)10-14(13)20-16(18)21-15/h8-10,12H,3-7H2,1-2H3,(H3,18,19,20,21)/t12-/m1/s1. The van der Waals surface area contributed by atoms with Crippen LogP contribution in [0.1, 0.15) is 46.0 Å². The first-order chi connectivity index (χ1) is 10.1. The van der Waals surface area contributed by atoms with E-state index in [-0.39, 0.29) is 11.8 Å². The van der Waals surface area contributed by atoms with Crippen LogP contribution in [0, 0.1) is 5.82 Å². The number of fused-ring (bicyclic) bond motifs is 1. The first-order valence-corrected chi connectivity index (χ1v) is 7.63. The molecule has 0 saturated heterocycles. The van der Waals surface area contributed by atoms with Gasteiger partial charge in [-0.25, -0.2) is 9.37 Å². The van der Waals surface area contributed by atoms with Crippen molar-refractivity contribution < 1.29 is 4.39 Å². The van der Waals surface area contributed by atoms with Crippen LogP contribution in [-0.2, 0) is 0 Å². The highest BCUT2D eigenvalue weighted by atomic mass is 19.1. The van der Waals surface area contributed by atoms with Crippen LogP contribution in [0.25, 0.3) is 10.9 Å². The third kappa shape index (κ3) is 4.03. The van der Waals surface area contributed by atoms with Gasteiger partial charge >= 0.3 is 0 Å². The van der Waals surface area contributed by atoms with Crippen LogP contribution in [0.15, 0.2) is 18.2 Å². The van der Waals surface area contributed by atoms with Crippen molar-refractivity contribution in [1.82, 2.24) is 9.97 Å². The minimum atomic E-state index is -0.317. The molecule has 0 bridgehead atoms. The van der Waals surface area contributed by atoms with Crippen LogP contribution in [0.2, 0.25) is 0 Å². The van der Waals surface area contributed by atoms with Crippen molar-refractivity contribution in [3.05, 3.63) is 24.0 Å². The Bertz CT molecular complexity index is 595. The van der Waals surface area contributed by atoms with Gasteiger partial charge in [0.05, 0.1) is 5.52 Å². The van der Waals surface area contributed by atoms with E-state index in [0.29, 0.717) is 17.4 Å². The van der Waals surface area contributed by atoms with Crippen molar-refractivity contribution in [2.75, 3.05) is 11.1 Å². The first-order valence-electron chi connectivity index (χ1n) is 7.63. The number of benzene rings is 1. The molecule has 1 aromatic carbocycles. The molecule has 114 valence electrons. The number of aromatic nitrogens is 2. The number of halogens is 1. The van der Waals surface area contributed by atoms with Gasteiger partial charge in [0.15, 0.2) is 0 Å². The van der Waals surface area contributed by atoms with Crippen LogP contribution in [0.3, 0.4) is 0 Å². The molecule has 0 amide bonds. The lowest BCUT2D eigenvalue weighted by molar-refractivity contribution is 0.563. The molecule has 0 aliphatic carbocycles. The molecule has 2 aromatic rings. The second-order valence-electron chi connectivity index (χ2n) is 5.36. The molecular formula is C16H23FN4. The molecule has 0 unspecified atom stereocenters. The Balaban J connectivity index is 2.31. The summed E-state index contributed by atoms with van der Waals surface area (Å²) in [4.78, 5) is 8.39. The van der Waals surface area contributed by atoms with Gasteiger partial charge in [-0.05, 0) is 25.0 Å². The number of hydrogen-bond donors (Lipinski definition) is 2. The van der Waals surface area contributed by atoms with E-state index in [1.54, 1.807) is 6.07 Å². The zero-order valence-corrected chi connectivity index (χ0v) is 12.7. The molecule has 0 spiro atoms. The normalized spacial score (nSPS) is 12.5. The van der Waals surface area contributed by atoms with Crippen LogP contribution < -0.4 is 11.1 Å². The number of nitrogens with one attached hydrogen (secondary N) is 1. The van der Waals surface area contributed by atoms with E-state index >= 15 is 0 Å². The number of nitrogen functional groups attached to an aromatic ring is 1. The second kappa shape index (κ2) is 7.20. The monoisotopic (exact) mass is 290 g/mol. The summed E-state index contributed by atoms with van der Waals surface area (Å²) in [5.41, 5.74) is 6.28. The second-order valence-corrected chi connectivity index (χ2v) is 5.36. The summed E-state index contributed by atoms with van der Waals surface area (Å²) >= 11 is 0. The predicted molar refractivity (Wildman–Crippen MR) is 85.8 cm³/mol. The lowest BCUT2D eigenvalue weighted by Crippen LogP contribution is -2.20. The van der Waals surface area contributed by atoms with Crippen molar-refractivity contribution in [2.24, 2.45) is 0 Å². The number of anilines is 2. The van der Waals surface area contributed by atoms with Crippen molar-refractivity contribution >= 4 is 22.7 Å². The highest BCUT2D eigenvalue weighted by Gasteiger charge is 2.12. The number of hydrogen-bond acceptors (Lipinski definition) is 4. The van der Waals surface area contributed by atoms with Gasteiger partial charge in [0.1, 0.15) is 11.6 Å². The van der Waals surface area contributed by atoms with Gasteiger partial charge in [-0.1, -0.05) is 33.1 Å². The van der Waals surface area contributed by atoms with Crippen molar-refractivity contribution in [3.63, 3.8) is 0 Å². The molecule has 0 saturated carbocycles. The Morgan fingerprint density at radius 2 is 2.00 bits per heavy atom. The topological polar surface area (TPSA) is 63.8 Å². The number of nitrogens with two attached hydrogens (primary N) is 1. The summed E-state index contributed by atoms with van der Waals surface area (Å²) in [6, 6.07) is 4.88. The zero-order valence-electron chi connectivity index (χ0n) is 12.7. The van der Waals surface area contributed by atoms with E-state index in [4.69, 9.17) is 5.73 Å². The highest BCUT2D eigenvalue weighted by molar-refractivity contribution is 5.90.